The Hall–Kier alpha value is -1.59. The van der Waals surface area contributed by atoms with Crippen molar-refractivity contribution in [3.8, 4) is 0 Å². The SMILES string of the molecule is O=C1C[C@H](N2C(=O)[C@H]3CCCN3C2=O)CN1C1CC1. The number of urea groups is 1. The first-order chi connectivity index (χ1) is 9.16. The topological polar surface area (TPSA) is 60.9 Å². The molecule has 0 unspecified atom stereocenters. The van der Waals surface area contributed by atoms with E-state index in [2.05, 4.69) is 0 Å². The number of likely N-dealkylation sites (tertiary alicyclic amines) is 1. The molecule has 19 heavy (non-hydrogen) atoms. The molecule has 3 saturated heterocycles. The zero-order valence-electron chi connectivity index (χ0n) is 10.7. The number of nitrogens with zero attached hydrogens (tertiary/aromatic N) is 3. The minimum Gasteiger partial charge on any atom is -0.338 e. The monoisotopic (exact) mass is 263 g/mol. The number of hydrogen-bond acceptors (Lipinski definition) is 3. The van der Waals surface area contributed by atoms with Gasteiger partial charge < -0.3 is 9.80 Å². The zero-order chi connectivity index (χ0) is 13.1. The normalized spacial score (nSPS) is 34.7. The molecule has 4 rings (SSSR count). The molecule has 1 saturated carbocycles. The van der Waals surface area contributed by atoms with Gasteiger partial charge in [0, 0.05) is 25.6 Å². The van der Waals surface area contributed by atoms with E-state index in [0.29, 0.717) is 25.6 Å². The van der Waals surface area contributed by atoms with Crippen molar-refractivity contribution in [2.75, 3.05) is 13.1 Å². The van der Waals surface area contributed by atoms with E-state index in [0.717, 1.165) is 25.7 Å². The number of rotatable bonds is 2. The van der Waals surface area contributed by atoms with E-state index in [1.807, 2.05) is 4.90 Å². The Morgan fingerprint density at radius 2 is 1.74 bits per heavy atom. The van der Waals surface area contributed by atoms with E-state index >= 15 is 0 Å². The summed E-state index contributed by atoms with van der Waals surface area (Å²) in [5.74, 6) is 0.0121. The van der Waals surface area contributed by atoms with E-state index in [1.54, 1.807) is 4.90 Å². The second kappa shape index (κ2) is 3.71. The molecule has 102 valence electrons. The first-order valence-electron chi connectivity index (χ1n) is 7.10. The molecule has 0 N–H and O–H groups in total. The van der Waals surface area contributed by atoms with Crippen LogP contribution >= 0.6 is 0 Å². The first kappa shape index (κ1) is 11.3. The quantitative estimate of drug-likeness (QED) is 0.668. The lowest BCUT2D eigenvalue weighted by atomic mass is 10.2. The molecule has 4 fully saturated rings. The second-order valence-electron chi connectivity index (χ2n) is 5.98. The fraction of sp³-hybridized carbons (Fsp3) is 0.769. The average Bonchev–Trinajstić information content (AvgIpc) is 2.89. The molecule has 0 spiro atoms. The third kappa shape index (κ3) is 1.52. The van der Waals surface area contributed by atoms with Crippen LogP contribution in [0.2, 0.25) is 0 Å². The molecule has 4 amide bonds. The molecule has 3 heterocycles. The molecule has 4 aliphatic rings. The van der Waals surface area contributed by atoms with Gasteiger partial charge in [0.15, 0.2) is 0 Å². The van der Waals surface area contributed by atoms with Gasteiger partial charge in [0.1, 0.15) is 6.04 Å². The van der Waals surface area contributed by atoms with E-state index in [4.69, 9.17) is 0 Å². The maximum Gasteiger partial charge on any atom is 0.327 e. The van der Waals surface area contributed by atoms with Gasteiger partial charge in [-0.15, -0.1) is 0 Å². The summed E-state index contributed by atoms with van der Waals surface area (Å²) >= 11 is 0. The van der Waals surface area contributed by atoms with Crippen LogP contribution in [-0.4, -0.2) is 63.8 Å². The molecule has 0 aromatic rings. The highest BCUT2D eigenvalue weighted by molar-refractivity contribution is 6.05. The Bertz CT molecular complexity index is 452. The standard InChI is InChI=1S/C13H17N3O3/c17-11-6-9(7-15(11)8-3-4-8)16-12(18)10-2-1-5-14(10)13(16)19/h8-10H,1-7H2/t9-,10+/m0/s1. The van der Waals surface area contributed by atoms with Crippen LogP contribution < -0.4 is 0 Å². The van der Waals surface area contributed by atoms with E-state index in [1.165, 1.54) is 4.90 Å². The van der Waals surface area contributed by atoms with Crippen molar-refractivity contribution in [3.63, 3.8) is 0 Å². The van der Waals surface area contributed by atoms with Crippen LogP contribution in [0.5, 0.6) is 0 Å². The number of hydrogen-bond donors (Lipinski definition) is 0. The molecule has 0 radical (unpaired) electrons. The summed E-state index contributed by atoms with van der Waals surface area (Å²) in [5.41, 5.74) is 0. The van der Waals surface area contributed by atoms with Crippen LogP contribution in [-0.2, 0) is 9.59 Å². The van der Waals surface area contributed by atoms with Crippen molar-refractivity contribution in [1.29, 1.82) is 0 Å². The van der Waals surface area contributed by atoms with Crippen molar-refractivity contribution >= 4 is 17.8 Å². The number of fused-ring (bicyclic) bond motifs is 1. The highest BCUT2D eigenvalue weighted by Crippen LogP contribution is 2.35. The molecule has 3 aliphatic heterocycles. The lowest BCUT2D eigenvalue weighted by molar-refractivity contribution is -0.129. The highest BCUT2D eigenvalue weighted by atomic mass is 16.2. The van der Waals surface area contributed by atoms with Crippen molar-refractivity contribution in [3.05, 3.63) is 0 Å². The third-order valence-electron chi connectivity index (χ3n) is 4.72. The fourth-order valence-corrected chi connectivity index (χ4v) is 3.61. The lowest BCUT2D eigenvalue weighted by Crippen LogP contribution is -2.43. The maximum absolute atomic E-state index is 12.3. The average molecular weight is 263 g/mol. The molecular formula is C13H17N3O3. The van der Waals surface area contributed by atoms with E-state index < -0.39 is 0 Å². The summed E-state index contributed by atoms with van der Waals surface area (Å²) < 4.78 is 0. The summed E-state index contributed by atoms with van der Waals surface area (Å²) in [6, 6.07) is -0.302. The molecule has 2 atom stereocenters. The summed E-state index contributed by atoms with van der Waals surface area (Å²) in [6.07, 6.45) is 4.13. The predicted octanol–water partition coefficient (Wildman–Crippen LogP) is 0.176. The van der Waals surface area contributed by atoms with Gasteiger partial charge in [-0.2, -0.15) is 0 Å². The summed E-state index contributed by atoms with van der Waals surface area (Å²) in [6.45, 7) is 1.22. The van der Waals surface area contributed by atoms with Gasteiger partial charge in [-0.05, 0) is 25.7 Å². The molecule has 0 aromatic heterocycles. The molecule has 0 bridgehead atoms. The van der Waals surface area contributed by atoms with Crippen LogP contribution in [0.25, 0.3) is 0 Å². The van der Waals surface area contributed by atoms with Gasteiger partial charge in [0.05, 0.1) is 6.04 Å². The molecule has 6 nitrogen and oxygen atoms in total. The summed E-state index contributed by atoms with van der Waals surface area (Å²) in [7, 11) is 0. The van der Waals surface area contributed by atoms with Crippen molar-refractivity contribution in [2.24, 2.45) is 0 Å². The van der Waals surface area contributed by atoms with Crippen LogP contribution in [0.1, 0.15) is 32.1 Å². The second-order valence-corrected chi connectivity index (χ2v) is 5.98. The minimum absolute atomic E-state index is 0.0852. The van der Waals surface area contributed by atoms with E-state index in [9.17, 15) is 14.4 Å². The molecule has 0 aromatic carbocycles. The number of carbonyl (C=O) groups is 3. The van der Waals surface area contributed by atoms with Crippen LogP contribution in [0.3, 0.4) is 0 Å². The van der Waals surface area contributed by atoms with Crippen molar-refractivity contribution < 1.29 is 14.4 Å². The summed E-state index contributed by atoms with van der Waals surface area (Å²) in [5, 5.41) is 0. The third-order valence-corrected chi connectivity index (χ3v) is 4.72. The largest absolute Gasteiger partial charge is 0.338 e. The van der Waals surface area contributed by atoms with E-state index in [-0.39, 0.29) is 29.9 Å². The molecule has 1 aliphatic carbocycles. The number of amides is 4. The Kier molecular flexibility index (Phi) is 2.20. The van der Waals surface area contributed by atoms with Gasteiger partial charge in [-0.25, -0.2) is 4.79 Å². The highest BCUT2D eigenvalue weighted by Gasteiger charge is 2.53. The number of imide groups is 1. The van der Waals surface area contributed by atoms with Crippen LogP contribution in [0.15, 0.2) is 0 Å². The van der Waals surface area contributed by atoms with Crippen LogP contribution in [0, 0.1) is 0 Å². The predicted molar refractivity (Wildman–Crippen MR) is 65.1 cm³/mol. The van der Waals surface area contributed by atoms with Crippen molar-refractivity contribution in [1.82, 2.24) is 14.7 Å². The first-order valence-corrected chi connectivity index (χ1v) is 7.10. The maximum atomic E-state index is 12.3. The van der Waals surface area contributed by atoms with Gasteiger partial charge in [0.25, 0.3) is 5.91 Å². The Morgan fingerprint density at radius 3 is 2.42 bits per heavy atom. The number of carbonyl (C=O) groups excluding carboxylic acids is 3. The Labute approximate surface area is 111 Å². The molecular weight excluding hydrogens is 246 g/mol. The fourth-order valence-electron chi connectivity index (χ4n) is 3.61. The van der Waals surface area contributed by atoms with Gasteiger partial charge >= 0.3 is 6.03 Å². The zero-order valence-corrected chi connectivity index (χ0v) is 10.7. The Balaban J connectivity index is 1.55. The van der Waals surface area contributed by atoms with Crippen LogP contribution in [0.4, 0.5) is 4.79 Å². The summed E-state index contributed by atoms with van der Waals surface area (Å²) in [4.78, 5) is 41.4. The van der Waals surface area contributed by atoms with Crippen molar-refractivity contribution in [2.45, 2.75) is 50.2 Å². The van der Waals surface area contributed by atoms with Gasteiger partial charge in [0.2, 0.25) is 5.91 Å². The van der Waals surface area contributed by atoms with Gasteiger partial charge in [-0.3, -0.25) is 14.5 Å². The Morgan fingerprint density at radius 1 is 0.947 bits per heavy atom. The smallest absolute Gasteiger partial charge is 0.327 e. The minimum atomic E-state index is -0.252. The molecule has 6 heteroatoms. The lowest BCUT2D eigenvalue weighted by Gasteiger charge is -2.22. The van der Waals surface area contributed by atoms with Gasteiger partial charge in [-0.1, -0.05) is 0 Å².